The fraction of sp³-hybridized carbons (Fsp3) is 0.600. The molecular formula is C15H23F2NO. The molecule has 4 heteroatoms. The fourth-order valence-corrected chi connectivity index (χ4v) is 1.93. The molecule has 0 aliphatic heterocycles. The average molecular weight is 271 g/mol. The van der Waals surface area contributed by atoms with Crippen LogP contribution in [0.4, 0.5) is 8.78 Å². The second kappa shape index (κ2) is 6.96. The van der Waals surface area contributed by atoms with Crippen molar-refractivity contribution < 1.29 is 13.5 Å². The summed E-state index contributed by atoms with van der Waals surface area (Å²) >= 11 is 0. The summed E-state index contributed by atoms with van der Waals surface area (Å²) in [5.74, 6) is -1.02. The van der Waals surface area contributed by atoms with Crippen LogP contribution in [0, 0.1) is 11.6 Å². The van der Waals surface area contributed by atoms with Gasteiger partial charge in [0.2, 0.25) is 0 Å². The summed E-state index contributed by atoms with van der Waals surface area (Å²) in [7, 11) is 3.54. The number of rotatable bonds is 7. The number of hydrogen-bond donors (Lipinski definition) is 1. The number of likely N-dealkylation sites (N-methyl/N-ethyl adjacent to an activating group) is 1. The standard InChI is InChI=1S/C15H23F2NO/c1-15(2,19-4)8-7-13(18-3)9-11-5-6-12(16)10-14(11)17/h5-6,10,13,18H,7-9H2,1-4H3. The van der Waals surface area contributed by atoms with Gasteiger partial charge in [0.15, 0.2) is 0 Å². The largest absolute Gasteiger partial charge is 0.379 e. The lowest BCUT2D eigenvalue weighted by molar-refractivity contribution is 0.0119. The number of benzene rings is 1. The summed E-state index contributed by atoms with van der Waals surface area (Å²) in [6.07, 6.45) is 2.29. The topological polar surface area (TPSA) is 21.3 Å². The van der Waals surface area contributed by atoms with Crippen LogP contribution in [0.25, 0.3) is 0 Å². The molecule has 0 spiro atoms. The van der Waals surface area contributed by atoms with Crippen molar-refractivity contribution in [2.24, 2.45) is 0 Å². The van der Waals surface area contributed by atoms with Crippen LogP contribution in [-0.4, -0.2) is 25.8 Å². The van der Waals surface area contributed by atoms with E-state index in [4.69, 9.17) is 4.74 Å². The van der Waals surface area contributed by atoms with Crippen molar-refractivity contribution in [3.8, 4) is 0 Å². The van der Waals surface area contributed by atoms with Gasteiger partial charge in [-0.3, -0.25) is 0 Å². The van der Waals surface area contributed by atoms with Crippen LogP contribution >= 0.6 is 0 Å². The Morgan fingerprint density at radius 3 is 2.53 bits per heavy atom. The highest BCUT2D eigenvalue weighted by Gasteiger charge is 2.19. The lowest BCUT2D eigenvalue weighted by atomic mass is 9.95. The molecule has 1 unspecified atom stereocenters. The zero-order valence-electron chi connectivity index (χ0n) is 12.1. The minimum atomic E-state index is -0.539. The summed E-state index contributed by atoms with van der Waals surface area (Å²) in [5.41, 5.74) is 0.354. The SMILES string of the molecule is CNC(CCC(C)(C)OC)Cc1ccc(F)cc1F. The third-order valence-corrected chi connectivity index (χ3v) is 3.54. The van der Waals surface area contributed by atoms with E-state index in [2.05, 4.69) is 5.32 Å². The van der Waals surface area contributed by atoms with Crippen LogP contribution in [0.3, 0.4) is 0 Å². The molecule has 0 aliphatic rings. The molecule has 0 saturated heterocycles. The first-order valence-corrected chi connectivity index (χ1v) is 6.54. The Labute approximate surface area is 114 Å². The maximum atomic E-state index is 13.6. The highest BCUT2D eigenvalue weighted by atomic mass is 19.1. The van der Waals surface area contributed by atoms with Crippen molar-refractivity contribution in [2.75, 3.05) is 14.2 Å². The minimum Gasteiger partial charge on any atom is -0.379 e. The normalized spacial score (nSPS) is 13.6. The molecule has 2 nitrogen and oxygen atoms in total. The Kier molecular flexibility index (Phi) is 5.88. The molecule has 1 aromatic carbocycles. The van der Waals surface area contributed by atoms with Gasteiger partial charge in [-0.1, -0.05) is 6.07 Å². The van der Waals surface area contributed by atoms with E-state index in [1.165, 1.54) is 12.1 Å². The minimum absolute atomic E-state index is 0.148. The maximum Gasteiger partial charge on any atom is 0.129 e. The monoisotopic (exact) mass is 271 g/mol. The molecule has 108 valence electrons. The zero-order chi connectivity index (χ0) is 14.5. The lowest BCUT2D eigenvalue weighted by Gasteiger charge is -2.26. The Morgan fingerprint density at radius 2 is 2.00 bits per heavy atom. The van der Waals surface area contributed by atoms with Gasteiger partial charge in [-0.25, -0.2) is 8.78 Å². The molecule has 0 heterocycles. The molecule has 0 aromatic heterocycles. The van der Waals surface area contributed by atoms with Gasteiger partial charge in [0.05, 0.1) is 5.60 Å². The molecule has 0 aliphatic carbocycles. The predicted molar refractivity (Wildman–Crippen MR) is 73.2 cm³/mol. The van der Waals surface area contributed by atoms with Gasteiger partial charge in [0.25, 0.3) is 0 Å². The van der Waals surface area contributed by atoms with E-state index < -0.39 is 11.6 Å². The number of hydrogen-bond acceptors (Lipinski definition) is 2. The smallest absolute Gasteiger partial charge is 0.129 e. The first-order chi connectivity index (χ1) is 8.88. The molecule has 1 atom stereocenters. The van der Waals surface area contributed by atoms with Gasteiger partial charge >= 0.3 is 0 Å². The van der Waals surface area contributed by atoms with E-state index in [9.17, 15) is 8.78 Å². The molecular weight excluding hydrogens is 248 g/mol. The number of methoxy groups -OCH3 is 1. The van der Waals surface area contributed by atoms with Gasteiger partial charge < -0.3 is 10.1 Å². The summed E-state index contributed by atoms with van der Waals surface area (Å²) < 4.78 is 31.8. The molecule has 1 N–H and O–H groups in total. The van der Waals surface area contributed by atoms with Crippen molar-refractivity contribution in [3.05, 3.63) is 35.4 Å². The number of ether oxygens (including phenoxy) is 1. The van der Waals surface area contributed by atoms with E-state index in [-0.39, 0.29) is 11.6 Å². The summed E-state index contributed by atoms with van der Waals surface area (Å²) in [5, 5.41) is 3.17. The van der Waals surface area contributed by atoms with Gasteiger partial charge in [-0.2, -0.15) is 0 Å². The van der Waals surface area contributed by atoms with Gasteiger partial charge in [0, 0.05) is 19.2 Å². The Bertz CT molecular complexity index is 407. The van der Waals surface area contributed by atoms with Gasteiger partial charge in [0.1, 0.15) is 11.6 Å². The maximum absolute atomic E-state index is 13.6. The molecule has 0 amide bonds. The molecule has 0 saturated carbocycles. The number of halogens is 2. The Balaban J connectivity index is 2.61. The van der Waals surface area contributed by atoms with Gasteiger partial charge in [-0.05, 0) is 51.8 Å². The first-order valence-electron chi connectivity index (χ1n) is 6.54. The quantitative estimate of drug-likeness (QED) is 0.821. The van der Waals surface area contributed by atoms with Gasteiger partial charge in [-0.15, -0.1) is 0 Å². The fourth-order valence-electron chi connectivity index (χ4n) is 1.93. The van der Waals surface area contributed by atoms with Crippen LogP contribution in [-0.2, 0) is 11.2 Å². The molecule has 0 bridgehead atoms. The van der Waals surface area contributed by atoms with E-state index in [1.54, 1.807) is 7.11 Å². The first kappa shape index (κ1) is 16.1. The third-order valence-electron chi connectivity index (χ3n) is 3.54. The molecule has 1 rings (SSSR count). The summed E-state index contributed by atoms with van der Waals surface area (Å²) in [6.45, 7) is 4.05. The highest BCUT2D eigenvalue weighted by molar-refractivity contribution is 5.19. The second-order valence-electron chi connectivity index (χ2n) is 5.43. The zero-order valence-corrected chi connectivity index (χ0v) is 12.1. The van der Waals surface area contributed by atoms with Crippen LogP contribution in [0.2, 0.25) is 0 Å². The highest BCUT2D eigenvalue weighted by Crippen LogP contribution is 2.19. The molecule has 0 radical (unpaired) electrons. The Morgan fingerprint density at radius 1 is 1.32 bits per heavy atom. The van der Waals surface area contributed by atoms with Crippen LogP contribution in [0.15, 0.2) is 18.2 Å². The lowest BCUT2D eigenvalue weighted by Crippen LogP contribution is -2.32. The third kappa shape index (κ3) is 5.25. The van der Waals surface area contributed by atoms with E-state index >= 15 is 0 Å². The van der Waals surface area contributed by atoms with Crippen LogP contribution in [0.1, 0.15) is 32.3 Å². The molecule has 19 heavy (non-hydrogen) atoms. The van der Waals surface area contributed by atoms with Crippen molar-refractivity contribution in [1.82, 2.24) is 5.32 Å². The van der Waals surface area contributed by atoms with E-state index in [1.807, 2.05) is 20.9 Å². The van der Waals surface area contributed by atoms with E-state index in [0.29, 0.717) is 12.0 Å². The summed E-state index contributed by atoms with van der Waals surface area (Å²) in [4.78, 5) is 0. The average Bonchev–Trinajstić information content (AvgIpc) is 2.37. The van der Waals surface area contributed by atoms with Crippen molar-refractivity contribution in [3.63, 3.8) is 0 Å². The predicted octanol–water partition coefficient (Wildman–Crippen LogP) is 3.30. The van der Waals surface area contributed by atoms with Crippen LogP contribution in [0.5, 0.6) is 0 Å². The Hall–Kier alpha value is -1.00. The molecule has 0 fully saturated rings. The van der Waals surface area contributed by atoms with Crippen molar-refractivity contribution in [2.45, 2.75) is 44.8 Å². The number of nitrogens with one attached hydrogen (secondary N) is 1. The van der Waals surface area contributed by atoms with Crippen molar-refractivity contribution in [1.29, 1.82) is 0 Å². The van der Waals surface area contributed by atoms with Crippen molar-refractivity contribution >= 4 is 0 Å². The van der Waals surface area contributed by atoms with Crippen LogP contribution < -0.4 is 5.32 Å². The summed E-state index contributed by atoms with van der Waals surface area (Å²) in [6, 6.07) is 3.89. The second-order valence-corrected chi connectivity index (χ2v) is 5.43. The molecule has 1 aromatic rings. The van der Waals surface area contributed by atoms with E-state index in [0.717, 1.165) is 18.9 Å².